The number of anilines is 1. The highest BCUT2D eigenvalue weighted by molar-refractivity contribution is 8.26. The molecule has 2 aromatic carbocycles. The van der Waals surface area contributed by atoms with Gasteiger partial charge in [-0.3, -0.25) is 19.1 Å². The Bertz CT molecular complexity index is 1640. The minimum Gasteiger partial charge on any atom is -0.454 e. The van der Waals surface area contributed by atoms with Crippen LogP contribution in [0, 0.1) is 25.2 Å². The van der Waals surface area contributed by atoms with E-state index in [4.69, 9.17) is 21.7 Å². The molecule has 0 spiro atoms. The van der Waals surface area contributed by atoms with Gasteiger partial charge in [-0.2, -0.15) is 5.26 Å². The molecular formula is C30H28N4O4S2. The first kappa shape index (κ1) is 27.5. The van der Waals surface area contributed by atoms with E-state index in [1.165, 1.54) is 11.8 Å². The molecule has 0 aliphatic carbocycles. The molecule has 0 unspecified atom stereocenters. The number of pyridine rings is 1. The second-order valence-corrected chi connectivity index (χ2v) is 11.3. The van der Waals surface area contributed by atoms with Gasteiger partial charge >= 0.3 is 0 Å². The predicted octanol–water partition coefficient (Wildman–Crippen LogP) is 5.49. The molecule has 5 rings (SSSR count). The van der Waals surface area contributed by atoms with Gasteiger partial charge in [-0.25, -0.2) is 0 Å². The molecule has 40 heavy (non-hydrogen) atoms. The lowest BCUT2D eigenvalue weighted by Gasteiger charge is -2.20. The van der Waals surface area contributed by atoms with E-state index >= 15 is 0 Å². The first-order chi connectivity index (χ1) is 19.3. The number of thiocarbonyl (C=S) groups is 1. The van der Waals surface area contributed by atoms with Gasteiger partial charge in [0.15, 0.2) is 11.5 Å². The van der Waals surface area contributed by atoms with Crippen LogP contribution in [0.4, 0.5) is 5.82 Å². The number of amides is 1. The number of rotatable bonds is 8. The molecule has 3 aromatic rings. The molecule has 2 aliphatic heterocycles. The Labute approximate surface area is 242 Å². The summed E-state index contributed by atoms with van der Waals surface area (Å²) in [5.74, 6) is 1.70. The van der Waals surface area contributed by atoms with Gasteiger partial charge in [0.05, 0.1) is 11.4 Å². The maximum absolute atomic E-state index is 13.5. The Hall–Kier alpha value is -4.07. The number of carbonyl (C=O) groups excluding carboxylic acids is 1. The number of thioether (sulfide) groups is 1. The molecule has 0 radical (unpaired) electrons. The monoisotopic (exact) mass is 572 g/mol. The zero-order valence-electron chi connectivity index (χ0n) is 22.4. The average Bonchev–Trinajstić information content (AvgIpc) is 3.52. The molecule has 3 heterocycles. The molecule has 0 atom stereocenters. The molecule has 1 N–H and O–H groups in total. The van der Waals surface area contributed by atoms with Crippen LogP contribution in [0.1, 0.15) is 46.7 Å². The van der Waals surface area contributed by atoms with Crippen molar-refractivity contribution in [1.29, 1.82) is 5.26 Å². The van der Waals surface area contributed by atoms with Crippen LogP contribution in [0.5, 0.6) is 11.5 Å². The topological polar surface area (TPSA) is 96.6 Å². The highest BCUT2D eigenvalue weighted by Gasteiger charge is 2.33. The summed E-state index contributed by atoms with van der Waals surface area (Å²) in [5.41, 5.74) is 3.87. The molecule has 10 heteroatoms. The summed E-state index contributed by atoms with van der Waals surface area (Å²) in [6.07, 6.45) is 2.43. The summed E-state index contributed by atoms with van der Waals surface area (Å²) in [5, 5.41) is 13.3. The largest absolute Gasteiger partial charge is 0.454 e. The zero-order valence-corrected chi connectivity index (χ0v) is 24.1. The molecule has 1 saturated heterocycles. The molecule has 204 valence electrons. The van der Waals surface area contributed by atoms with Crippen molar-refractivity contribution in [2.45, 2.75) is 46.8 Å². The van der Waals surface area contributed by atoms with Gasteiger partial charge in [-0.05, 0) is 55.2 Å². The van der Waals surface area contributed by atoms with Crippen molar-refractivity contribution in [1.82, 2.24) is 9.47 Å². The van der Waals surface area contributed by atoms with E-state index in [-0.39, 0.29) is 23.8 Å². The molecule has 2 aliphatic rings. The third-order valence-corrected chi connectivity index (χ3v) is 8.21. The number of nitriles is 1. The highest BCUT2D eigenvalue weighted by Crippen LogP contribution is 2.36. The molecule has 0 saturated carbocycles. The van der Waals surface area contributed by atoms with Crippen molar-refractivity contribution >= 4 is 46.1 Å². The summed E-state index contributed by atoms with van der Waals surface area (Å²) >= 11 is 6.80. The van der Waals surface area contributed by atoms with Crippen LogP contribution in [0.3, 0.4) is 0 Å². The fraction of sp³-hybridized carbons (Fsp3) is 0.267. The molecule has 1 aromatic heterocycles. The first-order valence-electron chi connectivity index (χ1n) is 12.9. The molecular weight excluding hydrogens is 544 g/mol. The lowest BCUT2D eigenvalue weighted by molar-refractivity contribution is -0.122. The lowest BCUT2D eigenvalue weighted by Crippen LogP contribution is -2.28. The molecule has 0 bridgehead atoms. The van der Waals surface area contributed by atoms with E-state index in [1.807, 2.05) is 56.3 Å². The number of hydrogen-bond donors (Lipinski definition) is 1. The van der Waals surface area contributed by atoms with Gasteiger partial charge in [0.1, 0.15) is 21.8 Å². The van der Waals surface area contributed by atoms with Crippen LogP contribution in [0.25, 0.3) is 6.08 Å². The number of nitrogens with one attached hydrogen (secondary N) is 1. The van der Waals surface area contributed by atoms with E-state index in [0.29, 0.717) is 63.7 Å². The van der Waals surface area contributed by atoms with Crippen molar-refractivity contribution in [2.24, 2.45) is 0 Å². The zero-order chi connectivity index (χ0) is 28.4. The van der Waals surface area contributed by atoms with Crippen LogP contribution in [-0.2, 0) is 24.4 Å². The van der Waals surface area contributed by atoms with Crippen molar-refractivity contribution in [3.63, 3.8) is 0 Å². The van der Waals surface area contributed by atoms with Crippen molar-refractivity contribution in [2.75, 3.05) is 12.1 Å². The van der Waals surface area contributed by atoms with Crippen LogP contribution in [0.2, 0.25) is 0 Å². The second kappa shape index (κ2) is 11.6. The predicted molar refractivity (Wildman–Crippen MR) is 160 cm³/mol. The summed E-state index contributed by atoms with van der Waals surface area (Å²) in [6.45, 7) is 7.07. The van der Waals surface area contributed by atoms with Crippen molar-refractivity contribution in [3.8, 4) is 17.6 Å². The van der Waals surface area contributed by atoms with E-state index in [2.05, 4.69) is 11.4 Å². The maximum atomic E-state index is 13.5. The Morgan fingerprint density at radius 3 is 2.55 bits per heavy atom. The molecule has 1 amide bonds. The number of benzene rings is 2. The minimum absolute atomic E-state index is 0.0588. The number of ether oxygens (including phenoxy) is 2. The van der Waals surface area contributed by atoms with E-state index in [1.54, 1.807) is 22.5 Å². The summed E-state index contributed by atoms with van der Waals surface area (Å²) in [7, 11) is 0. The van der Waals surface area contributed by atoms with Crippen LogP contribution < -0.4 is 20.3 Å². The van der Waals surface area contributed by atoms with Crippen molar-refractivity contribution < 1.29 is 14.3 Å². The Morgan fingerprint density at radius 2 is 1.82 bits per heavy atom. The number of aromatic nitrogens is 1. The summed E-state index contributed by atoms with van der Waals surface area (Å²) in [6, 6.07) is 15.7. The minimum atomic E-state index is -0.362. The van der Waals surface area contributed by atoms with Gasteiger partial charge in [0.25, 0.3) is 11.5 Å². The van der Waals surface area contributed by atoms with E-state index in [9.17, 15) is 14.9 Å². The average molecular weight is 573 g/mol. The highest BCUT2D eigenvalue weighted by atomic mass is 32.2. The SMILES string of the molecule is CCCn1c(NCc2ccc3c(c2)OCO3)c(/C=C2/SC(=S)N(Cc3ccc(C)cc3)C2=O)c(C)c(C#N)c1=O. The first-order valence-corrected chi connectivity index (χ1v) is 14.1. The third kappa shape index (κ3) is 5.35. The van der Waals surface area contributed by atoms with Gasteiger partial charge in [0.2, 0.25) is 6.79 Å². The number of fused-ring (bicyclic) bond motifs is 1. The Morgan fingerprint density at radius 1 is 1.10 bits per heavy atom. The maximum Gasteiger partial charge on any atom is 0.270 e. The third-order valence-electron chi connectivity index (χ3n) is 6.83. The van der Waals surface area contributed by atoms with Crippen LogP contribution in [-0.4, -0.2) is 26.5 Å². The smallest absolute Gasteiger partial charge is 0.270 e. The van der Waals surface area contributed by atoms with E-state index in [0.717, 1.165) is 16.7 Å². The quantitative estimate of drug-likeness (QED) is 0.280. The van der Waals surface area contributed by atoms with Gasteiger partial charge in [-0.15, -0.1) is 0 Å². The Kier molecular flexibility index (Phi) is 7.96. The number of carbonyl (C=O) groups is 1. The second-order valence-electron chi connectivity index (χ2n) is 9.63. The number of nitrogens with zero attached hydrogens (tertiary/aromatic N) is 3. The fourth-order valence-electron chi connectivity index (χ4n) is 4.67. The Balaban J connectivity index is 1.53. The number of hydrogen-bond acceptors (Lipinski definition) is 8. The van der Waals surface area contributed by atoms with Crippen LogP contribution in [0.15, 0.2) is 52.2 Å². The van der Waals surface area contributed by atoms with Crippen molar-refractivity contribution in [3.05, 3.63) is 91.1 Å². The number of aryl methyl sites for hydroxylation is 1. The van der Waals surface area contributed by atoms with E-state index < -0.39 is 0 Å². The standard InChI is InChI=1S/C30H28N4O4S2/c1-4-11-33-27(32-15-21-9-10-24-25(12-21)38-17-37-24)22(19(3)23(14-31)28(33)35)13-26-29(36)34(30(39)40-26)16-20-7-5-18(2)6-8-20/h5-10,12-13,32H,4,11,15-17H2,1-3H3/b26-13+. The lowest BCUT2D eigenvalue weighted by atomic mass is 10.0. The van der Waals surface area contributed by atoms with Gasteiger partial charge < -0.3 is 14.8 Å². The molecule has 1 fully saturated rings. The van der Waals surface area contributed by atoms with Gasteiger partial charge in [-0.1, -0.05) is 66.8 Å². The molecule has 8 nitrogen and oxygen atoms in total. The fourth-order valence-corrected chi connectivity index (χ4v) is 5.91. The summed E-state index contributed by atoms with van der Waals surface area (Å²) in [4.78, 5) is 28.9. The van der Waals surface area contributed by atoms with Crippen LogP contribution >= 0.6 is 24.0 Å². The van der Waals surface area contributed by atoms with Gasteiger partial charge in [0, 0.05) is 18.7 Å². The normalized spacial score (nSPS) is 15.2. The summed E-state index contributed by atoms with van der Waals surface area (Å²) < 4.78 is 13.0.